The number of carbonyl (C=O) groups excluding carboxylic acids is 2. The smallest absolute Gasteiger partial charge is 0.303 e. The minimum Gasteiger partial charge on any atom is -0.481 e. The van der Waals surface area contributed by atoms with Crippen molar-refractivity contribution < 1.29 is 19.5 Å². The second-order valence-corrected chi connectivity index (χ2v) is 6.03. The molecule has 21 heavy (non-hydrogen) atoms. The van der Waals surface area contributed by atoms with E-state index >= 15 is 0 Å². The highest BCUT2D eigenvalue weighted by Crippen LogP contribution is 2.26. The van der Waals surface area contributed by atoms with Gasteiger partial charge in [-0.05, 0) is 18.3 Å². The molecule has 0 saturated heterocycles. The SMILES string of the molecule is CN1N=C(C(=O)NCCC(C)(C)CCC(=O)O)CCC1=O. The summed E-state index contributed by atoms with van der Waals surface area (Å²) < 4.78 is 0. The molecule has 1 rings (SSSR count). The Kier molecular flexibility index (Phi) is 5.87. The number of carbonyl (C=O) groups is 3. The van der Waals surface area contributed by atoms with E-state index in [-0.39, 0.29) is 23.7 Å². The van der Waals surface area contributed by atoms with Crippen LogP contribution in [0.4, 0.5) is 0 Å². The lowest BCUT2D eigenvalue weighted by Gasteiger charge is -2.24. The van der Waals surface area contributed by atoms with Gasteiger partial charge in [0.2, 0.25) is 5.91 Å². The maximum absolute atomic E-state index is 11.9. The van der Waals surface area contributed by atoms with Gasteiger partial charge in [0.25, 0.3) is 5.91 Å². The summed E-state index contributed by atoms with van der Waals surface area (Å²) >= 11 is 0. The van der Waals surface area contributed by atoms with Crippen LogP contribution in [-0.4, -0.2) is 47.2 Å². The summed E-state index contributed by atoms with van der Waals surface area (Å²) in [7, 11) is 1.53. The van der Waals surface area contributed by atoms with Gasteiger partial charge < -0.3 is 10.4 Å². The Labute approximate surface area is 124 Å². The topological polar surface area (TPSA) is 99.1 Å². The number of nitrogens with zero attached hydrogens (tertiary/aromatic N) is 2. The number of aliphatic carboxylic acids is 1. The fraction of sp³-hybridized carbons (Fsp3) is 0.714. The van der Waals surface area contributed by atoms with Gasteiger partial charge in [0.15, 0.2) is 0 Å². The molecule has 0 saturated carbocycles. The standard InChI is InChI=1S/C14H23N3O4/c1-14(2,7-6-12(19)20)8-9-15-13(21)10-4-5-11(18)17(3)16-10/h4-9H2,1-3H3,(H,15,21)(H,19,20). The van der Waals surface area contributed by atoms with Crippen LogP contribution in [0.5, 0.6) is 0 Å². The molecule has 2 amide bonds. The molecule has 0 aromatic heterocycles. The van der Waals surface area contributed by atoms with Crippen molar-refractivity contribution in [1.29, 1.82) is 0 Å². The molecule has 0 atom stereocenters. The van der Waals surface area contributed by atoms with E-state index < -0.39 is 5.97 Å². The summed E-state index contributed by atoms with van der Waals surface area (Å²) in [4.78, 5) is 33.8. The van der Waals surface area contributed by atoms with E-state index in [4.69, 9.17) is 5.11 Å². The summed E-state index contributed by atoms with van der Waals surface area (Å²) in [5.74, 6) is -1.17. The molecule has 7 heteroatoms. The Bertz CT molecular complexity index is 457. The van der Waals surface area contributed by atoms with Gasteiger partial charge in [-0.1, -0.05) is 13.8 Å². The van der Waals surface area contributed by atoms with Crippen molar-refractivity contribution in [2.75, 3.05) is 13.6 Å². The normalized spacial score (nSPS) is 15.7. The minimum absolute atomic E-state index is 0.0960. The maximum atomic E-state index is 11.9. The Morgan fingerprint density at radius 2 is 2.00 bits per heavy atom. The molecule has 0 unspecified atom stereocenters. The largest absolute Gasteiger partial charge is 0.481 e. The predicted molar refractivity (Wildman–Crippen MR) is 77.7 cm³/mol. The number of rotatable bonds is 7. The monoisotopic (exact) mass is 297 g/mol. The average Bonchev–Trinajstić information content (AvgIpc) is 2.39. The zero-order valence-corrected chi connectivity index (χ0v) is 12.8. The van der Waals surface area contributed by atoms with Crippen LogP contribution in [0.1, 0.15) is 46.0 Å². The van der Waals surface area contributed by atoms with E-state index in [1.807, 2.05) is 13.8 Å². The third kappa shape index (κ3) is 5.93. The highest BCUT2D eigenvalue weighted by Gasteiger charge is 2.23. The van der Waals surface area contributed by atoms with Crippen LogP contribution in [0.3, 0.4) is 0 Å². The van der Waals surface area contributed by atoms with Gasteiger partial charge >= 0.3 is 5.97 Å². The minimum atomic E-state index is -0.809. The quantitative estimate of drug-likeness (QED) is 0.732. The Balaban J connectivity index is 2.38. The first-order valence-corrected chi connectivity index (χ1v) is 7.05. The molecule has 1 aliphatic heterocycles. The molecule has 0 aliphatic carbocycles. The Morgan fingerprint density at radius 3 is 2.57 bits per heavy atom. The molecule has 0 radical (unpaired) electrons. The van der Waals surface area contributed by atoms with Crippen molar-refractivity contribution in [2.45, 2.75) is 46.0 Å². The average molecular weight is 297 g/mol. The molecule has 1 heterocycles. The molecule has 118 valence electrons. The number of carboxylic acid groups (broad SMARTS) is 1. The van der Waals surface area contributed by atoms with Crippen LogP contribution in [-0.2, 0) is 14.4 Å². The van der Waals surface area contributed by atoms with Crippen LogP contribution in [0.2, 0.25) is 0 Å². The predicted octanol–water partition coefficient (Wildman–Crippen LogP) is 0.992. The van der Waals surface area contributed by atoms with Gasteiger partial charge in [0.1, 0.15) is 5.71 Å². The molecule has 0 spiro atoms. The van der Waals surface area contributed by atoms with Gasteiger partial charge in [-0.2, -0.15) is 5.10 Å². The first kappa shape index (κ1) is 17.1. The Morgan fingerprint density at radius 1 is 1.33 bits per heavy atom. The highest BCUT2D eigenvalue weighted by atomic mass is 16.4. The van der Waals surface area contributed by atoms with E-state index in [2.05, 4.69) is 10.4 Å². The van der Waals surface area contributed by atoms with Crippen molar-refractivity contribution in [3.63, 3.8) is 0 Å². The molecular weight excluding hydrogens is 274 g/mol. The summed E-state index contributed by atoms with van der Waals surface area (Å²) in [5.41, 5.74) is 0.215. The molecular formula is C14H23N3O4. The van der Waals surface area contributed by atoms with Crippen molar-refractivity contribution in [1.82, 2.24) is 10.3 Å². The number of nitrogens with one attached hydrogen (secondary N) is 1. The molecule has 1 aliphatic rings. The van der Waals surface area contributed by atoms with E-state index in [1.165, 1.54) is 12.1 Å². The highest BCUT2D eigenvalue weighted by molar-refractivity contribution is 6.39. The molecule has 0 fully saturated rings. The van der Waals surface area contributed by atoms with Crippen LogP contribution in [0.25, 0.3) is 0 Å². The van der Waals surface area contributed by atoms with Gasteiger partial charge in [-0.3, -0.25) is 14.4 Å². The lowest BCUT2D eigenvalue weighted by atomic mass is 9.84. The van der Waals surface area contributed by atoms with Crippen LogP contribution in [0.15, 0.2) is 5.10 Å². The first-order chi connectivity index (χ1) is 9.71. The molecule has 7 nitrogen and oxygen atoms in total. The number of amides is 2. The first-order valence-electron chi connectivity index (χ1n) is 7.05. The molecule has 2 N–H and O–H groups in total. The van der Waals surface area contributed by atoms with E-state index in [1.54, 1.807) is 0 Å². The molecule has 0 aromatic rings. The lowest BCUT2D eigenvalue weighted by Crippen LogP contribution is -2.38. The van der Waals surface area contributed by atoms with E-state index in [0.29, 0.717) is 37.9 Å². The number of hydrogen-bond acceptors (Lipinski definition) is 4. The van der Waals surface area contributed by atoms with E-state index in [9.17, 15) is 14.4 Å². The fourth-order valence-corrected chi connectivity index (χ4v) is 2.02. The zero-order valence-electron chi connectivity index (χ0n) is 12.8. The Hall–Kier alpha value is -1.92. The molecule has 0 bridgehead atoms. The molecule has 0 aromatic carbocycles. The maximum Gasteiger partial charge on any atom is 0.303 e. The van der Waals surface area contributed by atoms with Crippen molar-refractivity contribution >= 4 is 23.5 Å². The van der Waals surface area contributed by atoms with Crippen LogP contribution < -0.4 is 5.32 Å². The zero-order chi connectivity index (χ0) is 16.0. The summed E-state index contributed by atoms with van der Waals surface area (Å²) in [6, 6.07) is 0. The van der Waals surface area contributed by atoms with E-state index in [0.717, 1.165) is 0 Å². The van der Waals surface area contributed by atoms with Crippen LogP contribution in [0, 0.1) is 5.41 Å². The van der Waals surface area contributed by atoms with Crippen molar-refractivity contribution in [3.8, 4) is 0 Å². The number of hydrogen-bond donors (Lipinski definition) is 2. The van der Waals surface area contributed by atoms with Crippen molar-refractivity contribution in [3.05, 3.63) is 0 Å². The van der Waals surface area contributed by atoms with Crippen LogP contribution >= 0.6 is 0 Å². The summed E-state index contributed by atoms with van der Waals surface area (Å²) in [6.45, 7) is 4.42. The number of carboxylic acids is 1. The van der Waals surface area contributed by atoms with Gasteiger partial charge in [-0.25, -0.2) is 5.01 Å². The fourth-order valence-electron chi connectivity index (χ4n) is 2.02. The van der Waals surface area contributed by atoms with Gasteiger partial charge in [0, 0.05) is 32.9 Å². The second-order valence-electron chi connectivity index (χ2n) is 6.03. The van der Waals surface area contributed by atoms with Crippen molar-refractivity contribution in [2.24, 2.45) is 10.5 Å². The second kappa shape index (κ2) is 7.19. The summed E-state index contributed by atoms with van der Waals surface area (Å²) in [6.07, 6.45) is 2.04. The third-order valence-electron chi connectivity index (χ3n) is 3.57. The third-order valence-corrected chi connectivity index (χ3v) is 3.57. The summed E-state index contributed by atoms with van der Waals surface area (Å²) in [5, 5.41) is 16.6. The number of hydrazone groups is 1. The van der Waals surface area contributed by atoms with Gasteiger partial charge in [-0.15, -0.1) is 0 Å². The lowest BCUT2D eigenvalue weighted by molar-refractivity contribution is -0.137. The van der Waals surface area contributed by atoms with Gasteiger partial charge in [0.05, 0.1) is 0 Å².